The molecule has 0 fully saturated rings. The summed E-state index contributed by atoms with van der Waals surface area (Å²) in [6.45, 7) is 0. The van der Waals surface area contributed by atoms with Gasteiger partial charge < -0.3 is 0 Å². The molecular formula is C16H37N8O4P. The van der Waals surface area contributed by atoms with Gasteiger partial charge in [0, 0.05) is 0 Å². The number of carbonyl (C=O) groups excluding carboxylic acids is 4. The van der Waals surface area contributed by atoms with Gasteiger partial charge in [-0.25, -0.2) is 0 Å². The van der Waals surface area contributed by atoms with Crippen LogP contribution >= 0.6 is 7.26 Å². The Balaban J connectivity index is 6.10. The molecule has 4 N–H and O–H groups in total. The SMILES string of the molecule is CNC(=O)N(C)C[PH](CN(C)C(=O)NC)(CN(C)C(=O)NC)CN(C)C(=O)NC. The zero-order valence-corrected chi connectivity index (χ0v) is 19.8. The third kappa shape index (κ3) is 8.18. The van der Waals surface area contributed by atoms with Gasteiger partial charge in [-0.15, -0.1) is 0 Å². The fourth-order valence-corrected chi connectivity index (χ4v) is 8.56. The Morgan fingerprint density at radius 1 is 0.517 bits per heavy atom. The van der Waals surface area contributed by atoms with Crippen LogP contribution in [0.25, 0.3) is 0 Å². The predicted octanol–water partition coefficient (Wildman–Crippen LogP) is -0.349. The topological polar surface area (TPSA) is 129 Å². The van der Waals surface area contributed by atoms with Gasteiger partial charge in [-0.05, 0) is 0 Å². The number of carbonyl (C=O) groups is 4. The molecule has 29 heavy (non-hydrogen) atoms. The quantitative estimate of drug-likeness (QED) is 0.388. The van der Waals surface area contributed by atoms with Crippen molar-refractivity contribution >= 4 is 31.4 Å². The molecule has 0 rings (SSSR count). The monoisotopic (exact) mass is 436 g/mol. The summed E-state index contributed by atoms with van der Waals surface area (Å²) in [5.74, 6) is 0. The van der Waals surface area contributed by atoms with E-state index < -0.39 is 7.26 Å². The molecule has 0 aromatic rings. The molecule has 8 amide bonds. The predicted molar refractivity (Wildman–Crippen MR) is 117 cm³/mol. The summed E-state index contributed by atoms with van der Waals surface area (Å²) in [6, 6.07) is -1.13. The third-order valence-electron chi connectivity index (χ3n) is 4.53. The summed E-state index contributed by atoms with van der Waals surface area (Å²) in [5.41, 5.74) is 0. The van der Waals surface area contributed by atoms with Crippen molar-refractivity contribution in [3.05, 3.63) is 0 Å². The standard InChI is InChI=1S/C16H37N8O4P/c1-17-13(25)21(5)9-29(10-22(6)14(26)18-2,11-23(7)15(27)19-3)12-24(8)16(28)20-4/h29H,9-12H2,1-8H3,(H,17,25)(H,18,26)(H,19,27)(H,20,28). The molecule has 0 aromatic heterocycles. The van der Waals surface area contributed by atoms with Gasteiger partial charge in [-0.1, -0.05) is 0 Å². The van der Waals surface area contributed by atoms with Crippen molar-refractivity contribution in [3.8, 4) is 0 Å². The van der Waals surface area contributed by atoms with Crippen LogP contribution in [0.15, 0.2) is 0 Å². The van der Waals surface area contributed by atoms with Crippen LogP contribution in [-0.4, -0.2) is 125 Å². The van der Waals surface area contributed by atoms with Crippen LogP contribution in [-0.2, 0) is 0 Å². The van der Waals surface area contributed by atoms with Gasteiger partial charge in [0.05, 0.1) is 0 Å². The van der Waals surface area contributed by atoms with Crippen molar-refractivity contribution in [1.29, 1.82) is 0 Å². The molecule has 12 nitrogen and oxygen atoms in total. The summed E-state index contributed by atoms with van der Waals surface area (Å²) in [4.78, 5) is 54.8. The molecule has 13 heteroatoms. The van der Waals surface area contributed by atoms with Crippen molar-refractivity contribution in [3.63, 3.8) is 0 Å². The number of hydrogen-bond acceptors (Lipinski definition) is 4. The first-order valence-electron chi connectivity index (χ1n) is 9.18. The number of amides is 8. The second-order valence-electron chi connectivity index (χ2n) is 7.14. The summed E-state index contributed by atoms with van der Waals surface area (Å²) in [6.07, 6.45) is 1.32. The van der Waals surface area contributed by atoms with E-state index in [9.17, 15) is 19.2 Å². The molecule has 0 aliphatic rings. The molecule has 0 aromatic carbocycles. The van der Waals surface area contributed by atoms with E-state index in [4.69, 9.17) is 0 Å². The fourth-order valence-electron chi connectivity index (χ4n) is 3.36. The van der Waals surface area contributed by atoms with Crippen molar-refractivity contribution in [2.45, 2.75) is 0 Å². The molecular weight excluding hydrogens is 399 g/mol. The molecule has 0 bridgehead atoms. The maximum atomic E-state index is 12.2. The van der Waals surface area contributed by atoms with Crippen molar-refractivity contribution < 1.29 is 19.2 Å². The molecule has 0 aliphatic carbocycles. The Morgan fingerprint density at radius 2 is 0.690 bits per heavy atom. The Morgan fingerprint density at radius 3 is 0.828 bits per heavy atom. The number of rotatable bonds is 8. The van der Waals surface area contributed by atoms with Crippen LogP contribution in [0.1, 0.15) is 0 Å². The average molecular weight is 436 g/mol. The first-order valence-corrected chi connectivity index (χ1v) is 12.0. The maximum absolute atomic E-state index is 12.2. The minimum absolute atomic E-state index is 0.283. The summed E-state index contributed by atoms with van der Waals surface area (Å²) >= 11 is 0. The molecule has 0 aliphatic heterocycles. The summed E-state index contributed by atoms with van der Waals surface area (Å²) < 4.78 is 0. The Bertz CT molecular complexity index is 490. The fraction of sp³-hybridized carbons (Fsp3) is 0.750. The van der Waals surface area contributed by atoms with E-state index in [0.717, 1.165) is 0 Å². The van der Waals surface area contributed by atoms with Crippen molar-refractivity contribution in [2.24, 2.45) is 0 Å². The van der Waals surface area contributed by atoms with Crippen molar-refractivity contribution in [2.75, 3.05) is 81.5 Å². The molecule has 0 heterocycles. The van der Waals surface area contributed by atoms with Gasteiger partial charge >= 0.3 is 173 Å². The number of urea groups is 4. The molecule has 0 saturated carbocycles. The summed E-state index contributed by atoms with van der Waals surface area (Å²) in [5, 5.41) is 10.3. The normalized spacial score (nSPS) is 11.0. The van der Waals surface area contributed by atoms with Crippen LogP contribution in [0, 0.1) is 0 Å². The van der Waals surface area contributed by atoms with Crippen LogP contribution in [0.5, 0.6) is 0 Å². The van der Waals surface area contributed by atoms with E-state index in [1.165, 1.54) is 47.8 Å². The average Bonchev–Trinajstić information content (AvgIpc) is 2.70. The zero-order chi connectivity index (χ0) is 22.8. The van der Waals surface area contributed by atoms with E-state index >= 15 is 0 Å². The molecule has 0 atom stereocenters. The van der Waals surface area contributed by atoms with Gasteiger partial charge in [0.25, 0.3) is 0 Å². The van der Waals surface area contributed by atoms with Gasteiger partial charge in [-0.2, -0.15) is 0 Å². The van der Waals surface area contributed by atoms with Crippen molar-refractivity contribution in [1.82, 2.24) is 40.9 Å². The number of nitrogens with one attached hydrogen (secondary N) is 4. The molecule has 0 radical (unpaired) electrons. The van der Waals surface area contributed by atoms with Gasteiger partial charge in [0.1, 0.15) is 0 Å². The Labute approximate surface area is 173 Å². The van der Waals surface area contributed by atoms with E-state index in [0.29, 0.717) is 25.1 Å². The molecule has 0 saturated heterocycles. The molecule has 0 unspecified atom stereocenters. The number of nitrogens with zero attached hydrogens (tertiary/aromatic N) is 4. The second kappa shape index (κ2) is 12.2. The van der Waals surface area contributed by atoms with Gasteiger partial charge in [0.2, 0.25) is 0 Å². The molecule has 0 spiro atoms. The minimum atomic E-state index is -2.70. The van der Waals surface area contributed by atoms with Crippen LogP contribution in [0.3, 0.4) is 0 Å². The zero-order valence-electron chi connectivity index (χ0n) is 18.8. The summed E-state index contributed by atoms with van der Waals surface area (Å²) in [7, 11) is 10.0. The van der Waals surface area contributed by atoms with E-state index in [1.54, 1.807) is 28.2 Å². The Kier molecular flexibility index (Phi) is 11.1. The first-order chi connectivity index (χ1) is 13.5. The first kappa shape index (κ1) is 26.5. The van der Waals surface area contributed by atoms with Crippen LogP contribution in [0.4, 0.5) is 19.2 Å². The van der Waals surface area contributed by atoms with Gasteiger partial charge in [0.15, 0.2) is 0 Å². The van der Waals surface area contributed by atoms with Gasteiger partial charge in [-0.3, -0.25) is 0 Å². The second-order valence-corrected chi connectivity index (χ2v) is 11.4. The third-order valence-corrected chi connectivity index (χ3v) is 9.11. The van der Waals surface area contributed by atoms with Crippen LogP contribution < -0.4 is 21.3 Å². The van der Waals surface area contributed by atoms with Crippen LogP contribution in [0.2, 0.25) is 0 Å². The van der Waals surface area contributed by atoms with E-state index in [2.05, 4.69) is 21.3 Å². The number of hydrogen-bond donors (Lipinski definition) is 4. The Hall–Kier alpha value is -2.49. The van der Waals surface area contributed by atoms with E-state index in [-0.39, 0.29) is 24.1 Å². The molecule has 170 valence electrons. The van der Waals surface area contributed by atoms with E-state index in [1.807, 2.05) is 0 Å².